The zero-order chi connectivity index (χ0) is 19.7. The maximum atomic E-state index is 12.4. The number of allylic oxidation sites excluding steroid dienone is 4. The number of carboxylic acid groups (broad SMARTS) is 1. The Morgan fingerprint density at radius 1 is 1.30 bits per heavy atom. The van der Waals surface area contributed by atoms with Gasteiger partial charge in [0.2, 0.25) is 10.0 Å². The summed E-state index contributed by atoms with van der Waals surface area (Å²) in [6, 6.07) is 7.66. The highest BCUT2D eigenvalue weighted by atomic mass is 79.9. The molecule has 5 nitrogen and oxygen atoms in total. The minimum atomic E-state index is -3.37. The average molecular weight is 456 g/mol. The van der Waals surface area contributed by atoms with Crippen LogP contribution in [0.5, 0.6) is 0 Å². The van der Waals surface area contributed by atoms with Gasteiger partial charge < -0.3 is 5.11 Å². The smallest absolute Gasteiger partial charge is 0.303 e. The molecule has 0 saturated heterocycles. The number of sulfonamides is 1. The minimum absolute atomic E-state index is 0.0572. The molecule has 0 bridgehead atoms. The van der Waals surface area contributed by atoms with Crippen LogP contribution in [0, 0.1) is 5.92 Å². The lowest BCUT2D eigenvalue weighted by molar-refractivity contribution is -0.137. The monoisotopic (exact) mass is 455 g/mol. The van der Waals surface area contributed by atoms with Gasteiger partial charge in [-0.05, 0) is 62.1 Å². The van der Waals surface area contributed by atoms with Gasteiger partial charge >= 0.3 is 5.97 Å². The molecule has 0 radical (unpaired) electrons. The van der Waals surface area contributed by atoms with Gasteiger partial charge in [0.05, 0.1) is 5.75 Å². The number of nitrogens with one attached hydrogen (secondary N) is 1. The van der Waals surface area contributed by atoms with Crippen molar-refractivity contribution in [3.05, 3.63) is 58.2 Å². The summed E-state index contributed by atoms with van der Waals surface area (Å²) in [6.45, 7) is 0. The van der Waals surface area contributed by atoms with E-state index in [-0.39, 0.29) is 18.1 Å². The topological polar surface area (TPSA) is 83.5 Å². The number of carbonyl (C=O) groups is 1. The summed E-state index contributed by atoms with van der Waals surface area (Å²) in [5.74, 6) is -0.518. The van der Waals surface area contributed by atoms with Crippen molar-refractivity contribution < 1.29 is 18.3 Å². The first-order valence-corrected chi connectivity index (χ1v) is 11.6. The second-order valence-corrected chi connectivity index (χ2v) is 9.52. The molecule has 27 heavy (non-hydrogen) atoms. The van der Waals surface area contributed by atoms with Crippen molar-refractivity contribution in [3.63, 3.8) is 0 Å². The molecule has 1 unspecified atom stereocenters. The SMILES string of the molecule is O=C(O)CCCC=CC1C=C(NS(=O)(=O)CCc2ccc(Br)cc2)CCC1. The van der Waals surface area contributed by atoms with E-state index in [0.29, 0.717) is 12.8 Å². The largest absolute Gasteiger partial charge is 0.481 e. The van der Waals surface area contributed by atoms with Crippen LogP contribution in [-0.4, -0.2) is 25.2 Å². The normalized spacial score (nSPS) is 17.7. The summed E-state index contributed by atoms with van der Waals surface area (Å²) in [5, 5.41) is 8.63. The zero-order valence-electron chi connectivity index (χ0n) is 15.2. The maximum absolute atomic E-state index is 12.4. The lowest BCUT2D eigenvalue weighted by Crippen LogP contribution is -2.28. The van der Waals surface area contributed by atoms with Crippen LogP contribution in [0.25, 0.3) is 0 Å². The van der Waals surface area contributed by atoms with Gasteiger partial charge in [-0.3, -0.25) is 9.52 Å². The Morgan fingerprint density at radius 3 is 2.74 bits per heavy atom. The van der Waals surface area contributed by atoms with E-state index in [2.05, 4.69) is 26.7 Å². The lowest BCUT2D eigenvalue weighted by Gasteiger charge is -2.20. The number of benzene rings is 1. The Kier molecular flexibility index (Phi) is 8.57. The molecule has 0 spiro atoms. The first-order valence-electron chi connectivity index (χ1n) is 9.18. The van der Waals surface area contributed by atoms with Gasteiger partial charge in [-0.2, -0.15) is 0 Å². The van der Waals surface area contributed by atoms with Crippen molar-refractivity contribution in [3.8, 4) is 0 Å². The van der Waals surface area contributed by atoms with Crippen LogP contribution in [0.3, 0.4) is 0 Å². The molecule has 1 aliphatic carbocycles. The minimum Gasteiger partial charge on any atom is -0.481 e. The Balaban J connectivity index is 1.84. The van der Waals surface area contributed by atoms with E-state index in [4.69, 9.17) is 5.11 Å². The molecule has 0 amide bonds. The predicted molar refractivity (Wildman–Crippen MR) is 111 cm³/mol. The van der Waals surface area contributed by atoms with E-state index in [1.54, 1.807) is 0 Å². The first-order chi connectivity index (χ1) is 12.8. The molecular weight excluding hydrogens is 430 g/mol. The highest BCUT2D eigenvalue weighted by molar-refractivity contribution is 9.10. The second kappa shape index (κ2) is 10.7. The average Bonchev–Trinajstić information content (AvgIpc) is 2.61. The molecule has 2 N–H and O–H groups in total. The predicted octanol–water partition coefficient (Wildman–Crippen LogP) is 4.41. The van der Waals surface area contributed by atoms with Gasteiger partial charge in [0, 0.05) is 16.6 Å². The fourth-order valence-electron chi connectivity index (χ4n) is 2.99. The van der Waals surface area contributed by atoms with Crippen LogP contribution >= 0.6 is 15.9 Å². The third kappa shape index (κ3) is 8.75. The lowest BCUT2D eigenvalue weighted by atomic mass is 9.93. The van der Waals surface area contributed by atoms with Gasteiger partial charge in [0.25, 0.3) is 0 Å². The van der Waals surface area contributed by atoms with Gasteiger partial charge in [0.15, 0.2) is 0 Å². The second-order valence-electron chi connectivity index (χ2n) is 6.76. The summed E-state index contributed by atoms with van der Waals surface area (Å²) in [5.41, 5.74) is 1.75. The van der Waals surface area contributed by atoms with E-state index in [1.165, 1.54) is 0 Å². The molecular formula is C20H26BrNO4S. The molecule has 1 aromatic rings. The van der Waals surface area contributed by atoms with Crippen LogP contribution in [-0.2, 0) is 21.2 Å². The number of carboxylic acids is 1. The molecule has 0 aromatic heterocycles. The fourth-order valence-corrected chi connectivity index (χ4v) is 4.43. The number of aryl methyl sites for hydroxylation is 1. The standard InChI is InChI=1S/C20H26BrNO4S/c21-18-11-9-16(10-12-18)13-14-27(25,26)22-19-7-4-6-17(15-19)5-2-1-3-8-20(23)24/h2,5,9-12,15,17,22H,1,3-4,6-8,13-14H2,(H,23,24). The number of halogens is 1. The molecule has 1 atom stereocenters. The van der Waals surface area contributed by atoms with Crippen LogP contribution in [0.2, 0.25) is 0 Å². The van der Waals surface area contributed by atoms with Gasteiger partial charge in [-0.25, -0.2) is 8.42 Å². The quantitative estimate of drug-likeness (QED) is 0.404. The number of hydrogen-bond acceptors (Lipinski definition) is 3. The van der Waals surface area contributed by atoms with Gasteiger partial charge in [-0.15, -0.1) is 0 Å². The summed E-state index contributed by atoms with van der Waals surface area (Å²) in [7, 11) is -3.37. The van der Waals surface area contributed by atoms with Crippen molar-refractivity contribution in [1.82, 2.24) is 4.72 Å². The summed E-state index contributed by atoms with van der Waals surface area (Å²) in [6.07, 6.45) is 10.7. The maximum Gasteiger partial charge on any atom is 0.303 e. The highest BCUT2D eigenvalue weighted by Gasteiger charge is 2.17. The Labute approximate surface area is 169 Å². The van der Waals surface area contributed by atoms with Crippen LogP contribution < -0.4 is 4.72 Å². The van der Waals surface area contributed by atoms with E-state index in [1.807, 2.05) is 36.4 Å². The summed E-state index contributed by atoms with van der Waals surface area (Å²) >= 11 is 3.37. The Bertz CT molecular complexity index is 785. The number of unbranched alkanes of at least 4 members (excludes halogenated alkanes) is 1. The summed E-state index contributed by atoms with van der Waals surface area (Å²) < 4.78 is 28.5. The third-order valence-corrected chi connectivity index (χ3v) is 6.25. The molecule has 7 heteroatoms. The number of rotatable bonds is 10. The van der Waals surface area contributed by atoms with Crippen molar-refractivity contribution in [2.75, 3.05) is 5.75 Å². The summed E-state index contributed by atoms with van der Waals surface area (Å²) in [4.78, 5) is 10.5. The molecule has 0 heterocycles. The molecule has 0 saturated carbocycles. The Morgan fingerprint density at radius 2 is 2.04 bits per heavy atom. The van der Waals surface area contributed by atoms with Crippen LogP contribution in [0.1, 0.15) is 44.1 Å². The van der Waals surface area contributed by atoms with Crippen molar-refractivity contribution in [2.24, 2.45) is 5.92 Å². The molecule has 148 valence electrons. The zero-order valence-corrected chi connectivity index (χ0v) is 17.6. The van der Waals surface area contributed by atoms with E-state index in [9.17, 15) is 13.2 Å². The molecule has 1 aromatic carbocycles. The molecule has 0 fully saturated rings. The number of hydrogen-bond donors (Lipinski definition) is 2. The van der Waals surface area contributed by atoms with Gasteiger partial charge in [-0.1, -0.05) is 46.3 Å². The van der Waals surface area contributed by atoms with Crippen molar-refractivity contribution in [2.45, 2.75) is 44.9 Å². The van der Waals surface area contributed by atoms with Crippen molar-refractivity contribution >= 4 is 31.9 Å². The van der Waals surface area contributed by atoms with E-state index >= 15 is 0 Å². The Hall–Kier alpha value is -1.60. The van der Waals surface area contributed by atoms with E-state index in [0.717, 1.165) is 41.4 Å². The molecule has 0 aliphatic heterocycles. The van der Waals surface area contributed by atoms with E-state index < -0.39 is 16.0 Å². The number of aliphatic carboxylic acids is 1. The van der Waals surface area contributed by atoms with Gasteiger partial charge in [0.1, 0.15) is 0 Å². The van der Waals surface area contributed by atoms with Crippen LogP contribution in [0.4, 0.5) is 0 Å². The van der Waals surface area contributed by atoms with Crippen molar-refractivity contribution in [1.29, 1.82) is 0 Å². The highest BCUT2D eigenvalue weighted by Crippen LogP contribution is 2.23. The third-order valence-electron chi connectivity index (χ3n) is 4.40. The molecule has 2 rings (SSSR count). The molecule has 1 aliphatic rings. The first kappa shape index (κ1) is 21.7. The van der Waals surface area contributed by atoms with Crippen LogP contribution in [0.15, 0.2) is 52.7 Å². The fraction of sp³-hybridized carbons (Fsp3) is 0.450.